The van der Waals surface area contributed by atoms with E-state index in [0.717, 1.165) is 55.7 Å². The molecule has 5 aromatic carbocycles. The molecule has 1 aliphatic rings. The third-order valence-corrected chi connectivity index (χ3v) is 7.89. The molecule has 6 nitrogen and oxygen atoms in total. The summed E-state index contributed by atoms with van der Waals surface area (Å²) >= 11 is 0. The molecule has 1 aliphatic carbocycles. The van der Waals surface area contributed by atoms with E-state index >= 15 is 0 Å². The van der Waals surface area contributed by atoms with E-state index in [1.165, 1.54) is 0 Å². The Kier molecular flexibility index (Phi) is 7.60. The highest BCUT2D eigenvalue weighted by atomic mass is 16.5. The summed E-state index contributed by atoms with van der Waals surface area (Å²) in [6.07, 6.45) is 1.35. The van der Waals surface area contributed by atoms with Crippen molar-refractivity contribution in [3.05, 3.63) is 119 Å². The second-order valence-corrected chi connectivity index (χ2v) is 10.3. The average Bonchev–Trinajstić information content (AvgIpc) is 3.36. The fourth-order valence-corrected chi connectivity index (χ4v) is 5.83. The predicted molar refractivity (Wildman–Crippen MR) is 166 cm³/mol. The van der Waals surface area contributed by atoms with Gasteiger partial charge in [0.05, 0.1) is 14.2 Å². The van der Waals surface area contributed by atoms with Crippen molar-refractivity contribution in [2.45, 2.75) is 12.8 Å². The van der Waals surface area contributed by atoms with Gasteiger partial charge in [-0.25, -0.2) is 0 Å². The first-order chi connectivity index (χ1) is 20.6. The molecule has 0 fully saturated rings. The summed E-state index contributed by atoms with van der Waals surface area (Å²) in [6.45, 7) is 1.000. The summed E-state index contributed by atoms with van der Waals surface area (Å²) in [6, 6.07) is 31.4. The molecule has 5 aromatic rings. The van der Waals surface area contributed by atoms with Crippen LogP contribution in [0.4, 0.5) is 0 Å². The molecule has 0 saturated carbocycles. The molecule has 0 bridgehead atoms. The highest BCUT2D eigenvalue weighted by molar-refractivity contribution is 6.20. The molecule has 6 rings (SSSR count). The zero-order valence-electron chi connectivity index (χ0n) is 23.7. The van der Waals surface area contributed by atoms with Gasteiger partial charge in [0.25, 0.3) is 11.8 Å². The van der Waals surface area contributed by atoms with Gasteiger partial charge < -0.3 is 20.1 Å². The molecule has 210 valence electrons. The van der Waals surface area contributed by atoms with Crippen LogP contribution < -0.4 is 20.1 Å². The standard InChI is InChI=1S/C36H32N2O4/c1-41-32-12-5-3-8-23(32)18-20-37-35(39)25-14-15-26-27-10-7-11-28-30(17-16-29(34(27)28)31(26)22-25)36(40)38-21-19-24-9-4-6-13-33(24)42-2/h3-17,22H,18-21H2,1-2H3,(H,37,39)(H,38,40). The molecule has 0 atom stereocenters. The van der Waals surface area contributed by atoms with E-state index < -0.39 is 0 Å². The van der Waals surface area contributed by atoms with E-state index in [1.807, 2.05) is 91.0 Å². The lowest BCUT2D eigenvalue weighted by Gasteiger charge is -2.11. The molecule has 42 heavy (non-hydrogen) atoms. The number of hydrogen-bond donors (Lipinski definition) is 2. The van der Waals surface area contributed by atoms with Crippen LogP contribution in [0.5, 0.6) is 11.5 Å². The molecule has 0 heterocycles. The molecule has 0 aliphatic heterocycles. The van der Waals surface area contributed by atoms with E-state index in [0.29, 0.717) is 37.1 Å². The number of fused-ring (bicyclic) bond motifs is 3. The van der Waals surface area contributed by atoms with Crippen LogP contribution in [0, 0.1) is 0 Å². The zero-order chi connectivity index (χ0) is 29.1. The average molecular weight is 557 g/mol. The summed E-state index contributed by atoms with van der Waals surface area (Å²) in [4.78, 5) is 26.4. The molecule has 0 spiro atoms. The van der Waals surface area contributed by atoms with Crippen molar-refractivity contribution < 1.29 is 19.1 Å². The minimum absolute atomic E-state index is 0.111. The summed E-state index contributed by atoms with van der Waals surface area (Å²) in [5.41, 5.74) is 7.52. The van der Waals surface area contributed by atoms with Crippen LogP contribution in [-0.4, -0.2) is 39.1 Å². The Morgan fingerprint density at radius 3 is 1.86 bits per heavy atom. The van der Waals surface area contributed by atoms with E-state index in [-0.39, 0.29) is 11.8 Å². The van der Waals surface area contributed by atoms with E-state index in [2.05, 4.69) is 16.7 Å². The number of amides is 2. The lowest BCUT2D eigenvalue weighted by molar-refractivity contribution is 0.0946. The van der Waals surface area contributed by atoms with Gasteiger partial charge >= 0.3 is 0 Å². The molecule has 0 radical (unpaired) electrons. The van der Waals surface area contributed by atoms with Gasteiger partial charge in [-0.2, -0.15) is 0 Å². The fourth-order valence-electron chi connectivity index (χ4n) is 5.83. The molecular weight excluding hydrogens is 524 g/mol. The first-order valence-corrected chi connectivity index (χ1v) is 14.1. The Hall–Kier alpha value is -5.10. The molecule has 0 aromatic heterocycles. The van der Waals surface area contributed by atoms with Crippen molar-refractivity contribution in [2.24, 2.45) is 0 Å². The second-order valence-electron chi connectivity index (χ2n) is 10.3. The maximum atomic E-state index is 13.3. The van der Waals surface area contributed by atoms with Crippen LogP contribution in [0.15, 0.2) is 97.1 Å². The van der Waals surface area contributed by atoms with Crippen molar-refractivity contribution in [1.29, 1.82) is 0 Å². The number of nitrogens with one attached hydrogen (secondary N) is 2. The number of para-hydroxylation sites is 2. The molecular formula is C36H32N2O4. The Morgan fingerprint density at radius 2 is 1.19 bits per heavy atom. The topological polar surface area (TPSA) is 76.7 Å². The third-order valence-electron chi connectivity index (χ3n) is 7.89. The Balaban J connectivity index is 1.19. The minimum Gasteiger partial charge on any atom is -0.496 e. The predicted octanol–water partition coefficient (Wildman–Crippen LogP) is 6.45. The van der Waals surface area contributed by atoms with Crippen LogP contribution in [0.25, 0.3) is 33.0 Å². The first kappa shape index (κ1) is 27.1. The van der Waals surface area contributed by atoms with Crippen LogP contribution in [-0.2, 0) is 12.8 Å². The van der Waals surface area contributed by atoms with E-state index in [1.54, 1.807) is 14.2 Å². The third kappa shape index (κ3) is 5.07. The van der Waals surface area contributed by atoms with Gasteiger partial charge in [-0.15, -0.1) is 0 Å². The van der Waals surface area contributed by atoms with Gasteiger partial charge in [-0.3, -0.25) is 9.59 Å². The van der Waals surface area contributed by atoms with E-state index in [4.69, 9.17) is 9.47 Å². The van der Waals surface area contributed by atoms with Gasteiger partial charge in [0.15, 0.2) is 0 Å². The summed E-state index contributed by atoms with van der Waals surface area (Å²) in [7, 11) is 3.31. The van der Waals surface area contributed by atoms with Crippen LogP contribution in [0.3, 0.4) is 0 Å². The molecule has 6 heteroatoms. The van der Waals surface area contributed by atoms with Gasteiger partial charge in [0.2, 0.25) is 0 Å². The van der Waals surface area contributed by atoms with Gasteiger partial charge in [0, 0.05) is 24.2 Å². The highest BCUT2D eigenvalue weighted by Crippen LogP contribution is 2.48. The molecule has 2 amide bonds. The Bertz CT molecular complexity index is 1810. The van der Waals surface area contributed by atoms with Gasteiger partial charge in [-0.1, -0.05) is 66.7 Å². The molecule has 2 N–H and O–H groups in total. The first-order valence-electron chi connectivity index (χ1n) is 14.1. The fraction of sp³-hybridized carbons (Fsp3) is 0.167. The normalized spacial score (nSPS) is 11.2. The molecule has 0 saturated heterocycles. The van der Waals surface area contributed by atoms with Crippen molar-refractivity contribution in [3.63, 3.8) is 0 Å². The van der Waals surface area contributed by atoms with Crippen LogP contribution in [0.2, 0.25) is 0 Å². The number of benzene rings is 5. The van der Waals surface area contributed by atoms with Gasteiger partial charge in [-0.05, 0) is 87.3 Å². The van der Waals surface area contributed by atoms with Gasteiger partial charge in [0.1, 0.15) is 11.5 Å². The summed E-state index contributed by atoms with van der Waals surface area (Å²) < 4.78 is 10.9. The van der Waals surface area contributed by atoms with Crippen molar-refractivity contribution >= 4 is 22.6 Å². The molecule has 0 unspecified atom stereocenters. The number of carbonyl (C=O) groups is 2. The van der Waals surface area contributed by atoms with Crippen LogP contribution in [0.1, 0.15) is 31.8 Å². The minimum atomic E-state index is -0.119. The SMILES string of the molecule is COc1ccccc1CCNC(=O)c1ccc2c(c1)-c1ccc(C(=O)NCCc3ccccc3OC)c3cccc-2c13. The lowest BCUT2D eigenvalue weighted by Crippen LogP contribution is -2.26. The van der Waals surface area contributed by atoms with Crippen molar-refractivity contribution in [2.75, 3.05) is 27.3 Å². The highest BCUT2D eigenvalue weighted by Gasteiger charge is 2.25. The Morgan fingerprint density at radius 1 is 0.595 bits per heavy atom. The van der Waals surface area contributed by atoms with Crippen molar-refractivity contribution in [1.82, 2.24) is 10.6 Å². The monoisotopic (exact) mass is 556 g/mol. The lowest BCUT2D eigenvalue weighted by atomic mass is 9.98. The number of ether oxygens (including phenoxy) is 2. The largest absolute Gasteiger partial charge is 0.496 e. The number of hydrogen-bond acceptors (Lipinski definition) is 4. The maximum absolute atomic E-state index is 13.3. The summed E-state index contributed by atoms with van der Waals surface area (Å²) in [5, 5.41) is 8.06. The zero-order valence-corrected chi connectivity index (χ0v) is 23.7. The number of methoxy groups -OCH3 is 2. The number of rotatable bonds is 10. The van der Waals surface area contributed by atoms with Crippen molar-refractivity contribution in [3.8, 4) is 33.8 Å². The maximum Gasteiger partial charge on any atom is 0.251 e. The quantitative estimate of drug-likeness (QED) is 0.203. The number of carbonyl (C=O) groups excluding carboxylic acids is 2. The second kappa shape index (κ2) is 11.8. The smallest absolute Gasteiger partial charge is 0.251 e. The van der Waals surface area contributed by atoms with Crippen LogP contribution >= 0.6 is 0 Å². The Labute approximate surface area is 245 Å². The summed E-state index contributed by atoms with van der Waals surface area (Å²) in [5.74, 6) is 1.41. The van der Waals surface area contributed by atoms with E-state index in [9.17, 15) is 9.59 Å².